The summed E-state index contributed by atoms with van der Waals surface area (Å²) in [6.07, 6.45) is 8.69. The smallest absolute Gasteiger partial charge is 0.150 e. The van der Waals surface area contributed by atoms with Crippen molar-refractivity contribution in [2.24, 2.45) is 0 Å². The third-order valence-corrected chi connectivity index (χ3v) is 2.40. The lowest BCUT2D eigenvalue weighted by atomic mass is 10.1. The molecule has 0 aromatic heterocycles. The van der Waals surface area contributed by atoms with Gasteiger partial charge in [0.1, 0.15) is 6.29 Å². The lowest BCUT2D eigenvalue weighted by Gasteiger charge is -2.00. The van der Waals surface area contributed by atoms with Crippen molar-refractivity contribution in [1.82, 2.24) is 0 Å². The molecule has 0 spiro atoms. The van der Waals surface area contributed by atoms with Crippen LogP contribution in [0, 0.1) is 0 Å². The summed E-state index contributed by atoms with van der Waals surface area (Å²) in [7, 11) is 0. The molecule has 0 radical (unpaired) electrons. The highest BCUT2D eigenvalue weighted by Gasteiger charge is 1.99. The van der Waals surface area contributed by atoms with Crippen LogP contribution in [0.1, 0.15) is 25.3 Å². The average molecular weight is 235 g/mol. The Morgan fingerprint density at radius 1 is 1.38 bits per heavy atom. The van der Waals surface area contributed by atoms with Gasteiger partial charge in [-0.1, -0.05) is 48.9 Å². The number of hydrogen-bond acceptors (Lipinski definition) is 1. The van der Waals surface area contributed by atoms with Gasteiger partial charge >= 0.3 is 0 Å². The highest BCUT2D eigenvalue weighted by molar-refractivity contribution is 6.30. The maximum atomic E-state index is 10.9. The summed E-state index contributed by atoms with van der Waals surface area (Å²) in [5.41, 5.74) is 1.55. The normalized spacial score (nSPS) is 12.0. The summed E-state index contributed by atoms with van der Waals surface area (Å²) in [4.78, 5) is 10.9. The Balaban J connectivity index is 2.81. The zero-order chi connectivity index (χ0) is 11.8. The molecule has 0 heterocycles. The van der Waals surface area contributed by atoms with Crippen LogP contribution in [0.5, 0.6) is 0 Å². The first-order chi connectivity index (χ1) is 7.77. The number of allylic oxidation sites excluding steroid dienone is 4. The van der Waals surface area contributed by atoms with Gasteiger partial charge in [0.2, 0.25) is 0 Å². The van der Waals surface area contributed by atoms with Crippen molar-refractivity contribution in [3.05, 3.63) is 53.1 Å². The van der Waals surface area contributed by atoms with E-state index in [1.165, 1.54) is 0 Å². The molecule has 1 rings (SSSR count). The second-order valence-electron chi connectivity index (χ2n) is 3.40. The Morgan fingerprint density at radius 3 is 2.81 bits per heavy atom. The van der Waals surface area contributed by atoms with Crippen LogP contribution in [0.3, 0.4) is 0 Å². The van der Waals surface area contributed by atoms with Crippen LogP contribution in [0.4, 0.5) is 0 Å². The van der Waals surface area contributed by atoms with Crippen LogP contribution in [-0.4, -0.2) is 6.29 Å². The number of carbonyl (C=O) groups is 1. The van der Waals surface area contributed by atoms with E-state index in [0.29, 0.717) is 10.6 Å². The number of benzene rings is 1. The molecule has 16 heavy (non-hydrogen) atoms. The molecule has 0 aliphatic carbocycles. The van der Waals surface area contributed by atoms with Crippen LogP contribution >= 0.6 is 11.6 Å². The van der Waals surface area contributed by atoms with E-state index in [0.717, 1.165) is 24.7 Å². The standard InChI is InChI=1S/C14H15ClO/c1-2-3-4-5-7-13(11-16)12-8-6-9-14(15)10-12/h3-4,6-11H,2,5H2,1H3. The van der Waals surface area contributed by atoms with Crippen molar-refractivity contribution in [3.8, 4) is 0 Å². The maximum Gasteiger partial charge on any atom is 0.150 e. The van der Waals surface area contributed by atoms with Gasteiger partial charge in [0.05, 0.1) is 0 Å². The average Bonchev–Trinajstić information content (AvgIpc) is 2.29. The number of halogens is 1. The van der Waals surface area contributed by atoms with Crippen LogP contribution in [0.25, 0.3) is 5.57 Å². The minimum Gasteiger partial charge on any atom is -0.298 e. The lowest BCUT2D eigenvalue weighted by Crippen LogP contribution is -1.85. The van der Waals surface area contributed by atoms with Crippen LogP contribution < -0.4 is 0 Å². The number of carbonyl (C=O) groups excluding carboxylic acids is 1. The quantitative estimate of drug-likeness (QED) is 0.422. The van der Waals surface area contributed by atoms with E-state index in [4.69, 9.17) is 11.6 Å². The highest BCUT2D eigenvalue weighted by Crippen LogP contribution is 2.17. The summed E-state index contributed by atoms with van der Waals surface area (Å²) < 4.78 is 0. The number of aldehydes is 1. The molecule has 84 valence electrons. The second-order valence-corrected chi connectivity index (χ2v) is 3.84. The van der Waals surface area contributed by atoms with Crippen LogP contribution in [-0.2, 0) is 4.79 Å². The maximum absolute atomic E-state index is 10.9. The van der Waals surface area contributed by atoms with E-state index in [2.05, 4.69) is 13.0 Å². The second kappa shape index (κ2) is 7.02. The van der Waals surface area contributed by atoms with Gasteiger partial charge in [-0.25, -0.2) is 0 Å². The third-order valence-electron chi connectivity index (χ3n) is 2.16. The van der Waals surface area contributed by atoms with Gasteiger partial charge < -0.3 is 0 Å². The third kappa shape index (κ3) is 4.03. The summed E-state index contributed by atoms with van der Waals surface area (Å²) >= 11 is 5.87. The Morgan fingerprint density at radius 2 is 2.19 bits per heavy atom. The fraction of sp³-hybridized carbons (Fsp3) is 0.214. The topological polar surface area (TPSA) is 17.1 Å². The highest BCUT2D eigenvalue weighted by atomic mass is 35.5. The number of rotatable bonds is 5. The number of hydrogen-bond donors (Lipinski definition) is 0. The van der Waals surface area contributed by atoms with Gasteiger partial charge in [-0.2, -0.15) is 0 Å². The first-order valence-electron chi connectivity index (χ1n) is 5.34. The summed E-state index contributed by atoms with van der Waals surface area (Å²) in [6, 6.07) is 7.32. The van der Waals surface area contributed by atoms with Crippen molar-refractivity contribution >= 4 is 23.5 Å². The molecule has 1 aromatic rings. The molecule has 0 fully saturated rings. The lowest BCUT2D eigenvalue weighted by molar-refractivity contribution is -0.103. The van der Waals surface area contributed by atoms with Crippen molar-refractivity contribution in [2.45, 2.75) is 19.8 Å². The fourth-order valence-corrected chi connectivity index (χ4v) is 1.55. The summed E-state index contributed by atoms with van der Waals surface area (Å²) in [6.45, 7) is 2.08. The predicted octanol–water partition coefficient (Wildman–Crippen LogP) is 4.28. The van der Waals surface area contributed by atoms with Crippen molar-refractivity contribution < 1.29 is 4.79 Å². The molecular formula is C14H15ClO. The zero-order valence-electron chi connectivity index (χ0n) is 9.32. The van der Waals surface area contributed by atoms with Crippen molar-refractivity contribution in [3.63, 3.8) is 0 Å². The molecule has 0 amide bonds. The first-order valence-corrected chi connectivity index (χ1v) is 5.72. The summed E-state index contributed by atoms with van der Waals surface area (Å²) in [5.74, 6) is 0. The fourth-order valence-electron chi connectivity index (χ4n) is 1.36. The molecule has 0 aliphatic rings. The first kappa shape index (κ1) is 12.7. The van der Waals surface area contributed by atoms with Gasteiger partial charge in [0, 0.05) is 10.6 Å². The Hall–Kier alpha value is -1.34. The van der Waals surface area contributed by atoms with Gasteiger partial charge in [-0.15, -0.1) is 0 Å². The predicted molar refractivity (Wildman–Crippen MR) is 69.5 cm³/mol. The molecule has 0 atom stereocenters. The SMILES string of the molecule is CCC=CCC=C(C=O)c1cccc(Cl)c1. The Bertz CT molecular complexity index is 405. The van der Waals surface area contributed by atoms with Crippen LogP contribution in [0.2, 0.25) is 5.02 Å². The van der Waals surface area contributed by atoms with E-state index >= 15 is 0 Å². The minimum absolute atomic E-state index is 0.648. The van der Waals surface area contributed by atoms with E-state index in [1.54, 1.807) is 12.1 Å². The largest absolute Gasteiger partial charge is 0.298 e. The summed E-state index contributed by atoms with van der Waals surface area (Å²) in [5, 5.41) is 0.648. The molecular weight excluding hydrogens is 220 g/mol. The van der Waals surface area contributed by atoms with E-state index < -0.39 is 0 Å². The van der Waals surface area contributed by atoms with Gasteiger partial charge in [0.15, 0.2) is 0 Å². The molecule has 0 saturated heterocycles. The van der Waals surface area contributed by atoms with Crippen molar-refractivity contribution in [2.75, 3.05) is 0 Å². The van der Waals surface area contributed by atoms with E-state index in [9.17, 15) is 4.79 Å². The van der Waals surface area contributed by atoms with E-state index in [1.807, 2.05) is 24.3 Å². The molecule has 0 saturated carbocycles. The molecule has 1 aromatic carbocycles. The minimum atomic E-state index is 0.648. The van der Waals surface area contributed by atoms with Gasteiger partial charge in [-0.3, -0.25) is 4.79 Å². The van der Waals surface area contributed by atoms with Gasteiger partial charge in [-0.05, 0) is 30.5 Å². The zero-order valence-corrected chi connectivity index (χ0v) is 10.1. The molecule has 0 N–H and O–H groups in total. The molecule has 2 heteroatoms. The van der Waals surface area contributed by atoms with Crippen LogP contribution in [0.15, 0.2) is 42.5 Å². The van der Waals surface area contributed by atoms with Crippen molar-refractivity contribution in [1.29, 1.82) is 0 Å². The van der Waals surface area contributed by atoms with E-state index in [-0.39, 0.29) is 0 Å². The monoisotopic (exact) mass is 234 g/mol. The van der Waals surface area contributed by atoms with Gasteiger partial charge in [0.25, 0.3) is 0 Å². The molecule has 1 nitrogen and oxygen atoms in total. The molecule has 0 bridgehead atoms. The molecule has 0 unspecified atom stereocenters. The Kier molecular flexibility index (Phi) is 5.58. The molecule has 0 aliphatic heterocycles. The Labute approximate surface area is 101 Å².